The third-order valence-corrected chi connectivity index (χ3v) is 4.13. The van der Waals surface area contributed by atoms with Gasteiger partial charge in [0.15, 0.2) is 6.61 Å². The summed E-state index contributed by atoms with van der Waals surface area (Å²) in [7, 11) is 0. The Kier molecular flexibility index (Phi) is 4.61. The van der Waals surface area contributed by atoms with Crippen LogP contribution in [0.3, 0.4) is 0 Å². The number of nitrogens with one attached hydrogen (secondary N) is 2. The van der Waals surface area contributed by atoms with E-state index in [4.69, 9.17) is 4.74 Å². The van der Waals surface area contributed by atoms with Gasteiger partial charge in [-0.15, -0.1) is 0 Å². The molecule has 0 aliphatic carbocycles. The molecule has 6 nitrogen and oxygen atoms in total. The smallest absolute Gasteiger partial charge is 0.262 e. The highest BCUT2D eigenvalue weighted by Crippen LogP contribution is 2.28. The molecular formula is C19H20N2O4. The van der Waals surface area contributed by atoms with Crippen LogP contribution < -0.4 is 15.4 Å². The number of rotatable bonds is 4. The summed E-state index contributed by atoms with van der Waals surface area (Å²) in [6, 6.07) is 8.78. The zero-order chi connectivity index (χ0) is 18.0. The van der Waals surface area contributed by atoms with Crippen molar-refractivity contribution in [2.24, 2.45) is 0 Å². The van der Waals surface area contributed by atoms with Gasteiger partial charge in [-0.25, -0.2) is 0 Å². The Morgan fingerprint density at radius 1 is 1.24 bits per heavy atom. The first kappa shape index (κ1) is 16.8. The van der Waals surface area contributed by atoms with Gasteiger partial charge in [0.1, 0.15) is 11.5 Å². The van der Waals surface area contributed by atoms with E-state index >= 15 is 0 Å². The maximum absolute atomic E-state index is 12.3. The van der Waals surface area contributed by atoms with Gasteiger partial charge in [0.05, 0.1) is 5.69 Å². The third-order valence-electron chi connectivity index (χ3n) is 4.13. The molecule has 2 aromatic carbocycles. The summed E-state index contributed by atoms with van der Waals surface area (Å²) >= 11 is 0. The number of anilines is 1. The highest BCUT2D eigenvalue weighted by molar-refractivity contribution is 5.98. The van der Waals surface area contributed by atoms with E-state index in [1.54, 1.807) is 18.2 Å². The van der Waals surface area contributed by atoms with E-state index in [1.807, 2.05) is 26.0 Å². The van der Waals surface area contributed by atoms with E-state index in [2.05, 4.69) is 10.6 Å². The summed E-state index contributed by atoms with van der Waals surface area (Å²) < 4.78 is 5.32. The van der Waals surface area contributed by atoms with E-state index in [-0.39, 0.29) is 18.4 Å². The minimum atomic E-state index is -0.204. The summed E-state index contributed by atoms with van der Waals surface area (Å²) in [4.78, 5) is 23.5. The Balaban J connectivity index is 1.61. The number of benzene rings is 2. The van der Waals surface area contributed by atoms with Crippen LogP contribution in [0.4, 0.5) is 5.69 Å². The number of phenols is 1. The molecule has 0 radical (unpaired) electrons. The summed E-state index contributed by atoms with van der Waals surface area (Å²) in [5.74, 6) is 0.408. The van der Waals surface area contributed by atoms with Gasteiger partial charge in [-0.05, 0) is 55.2 Å². The van der Waals surface area contributed by atoms with Crippen molar-refractivity contribution in [2.75, 3.05) is 18.5 Å². The second kappa shape index (κ2) is 6.84. The van der Waals surface area contributed by atoms with Crippen molar-refractivity contribution in [1.29, 1.82) is 0 Å². The Morgan fingerprint density at radius 2 is 1.96 bits per heavy atom. The molecule has 3 rings (SSSR count). The first-order valence-corrected chi connectivity index (χ1v) is 8.08. The van der Waals surface area contributed by atoms with Crippen molar-refractivity contribution in [2.45, 2.75) is 20.3 Å². The molecule has 2 aromatic rings. The Morgan fingerprint density at radius 3 is 2.68 bits per heavy atom. The number of ether oxygens (including phenoxy) is 1. The maximum atomic E-state index is 12.3. The number of phenolic OH excluding ortho intramolecular Hbond substituents is 1. The molecule has 1 aliphatic rings. The van der Waals surface area contributed by atoms with Gasteiger partial charge >= 0.3 is 0 Å². The summed E-state index contributed by atoms with van der Waals surface area (Å²) in [5.41, 5.74) is 3.77. The average molecular weight is 340 g/mol. The topological polar surface area (TPSA) is 87.7 Å². The molecule has 130 valence electrons. The van der Waals surface area contributed by atoms with Gasteiger partial charge < -0.3 is 20.5 Å². The number of carbonyl (C=O) groups excluding carboxylic acids is 2. The van der Waals surface area contributed by atoms with Crippen LogP contribution in [0.1, 0.15) is 27.0 Å². The highest BCUT2D eigenvalue weighted by atomic mass is 16.5. The van der Waals surface area contributed by atoms with Crippen LogP contribution in [0.15, 0.2) is 30.3 Å². The van der Waals surface area contributed by atoms with Gasteiger partial charge in [0.2, 0.25) is 0 Å². The van der Waals surface area contributed by atoms with Crippen LogP contribution in [0.5, 0.6) is 11.5 Å². The molecule has 3 N–H and O–H groups in total. The van der Waals surface area contributed by atoms with Gasteiger partial charge in [0.25, 0.3) is 11.8 Å². The average Bonchev–Trinajstić information content (AvgIpc) is 2.59. The molecule has 25 heavy (non-hydrogen) atoms. The lowest BCUT2D eigenvalue weighted by molar-refractivity contribution is -0.118. The number of hydrogen-bond donors (Lipinski definition) is 3. The quantitative estimate of drug-likeness (QED) is 0.797. The highest BCUT2D eigenvalue weighted by Gasteiger charge is 2.17. The largest absolute Gasteiger partial charge is 0.507 e. The number of amides is 2. The third kappa shape index (κ3) is 3.74. The number of carbonyl (C=O) groups is 2. The molecule has 0 atom stereocenters. The van der Waals surface area contributed by atoms with Gasteiger partial charge in [-0.1, -0.05) is 12.1 Å². The minimum absolute atomic E-state index is 0.0440. The molecule has 6 heteroatoms. The minimum Gasteiger partial charge on any atom is -0.507 e. The van der Waals surface area contributed by atoms with Crippen LogP contribution in [0.2, 0.25) is 0 Å². The van der Waals surface area contributed by atoms with Crippen LogP contribution >= 0.6 is 0 Å². The molecule has 1 heterocycles. The van der Waals surface area contributed by atoms with Crippen molar-refractivity contribution in [3.63, 3.8) is 0 Å². The summed E-state index contributed by atoms with van der Waals surface area (Å²) in [5, 5.41) is 15.4. The molecule has 1 aliphatic heterocycles. The fourth-order valence-electron chi connectivity index (χ4n) is 2.83. The van der Waals surface area contributed by atoms with Crippen molar-refractivity contribution in [1.82, 2.24) is 5.32 Å². The van der Waals surface area contributed by atoms with Crippen molar-refractivity contribution >= 4 is 17.5 Å². The summed E-state index contributed by atoms with van der Waals surface area (Å²) in [6.45, 7) is 4.15. The van der Waals surface area contributed by atoms with E-state index in [0.717, 1.165) is 16.7 Å². The zero-order valence-corrected chi connectivity index (χ0v) is 14.2. The van der Waals surface area contributed by atoms with Gasteiger partial charge in [-0.3, -0.25) is 9.59 Å². The molecule has 0 unspecified atom stereocenters. The van der Waals surface area contributed by atoms with Crippen LogP contribution in [-0.2, 0) is 11.2 Å². The van der Waals surface area contributed by atoms with Crippen molar-refractivity contribution < 1.29 is 19.4 Å². The lowest BCUT2D eigenvalue weighted by Gasteiger charge is -2.18. The lowest BCUT2D eigenvalue weighted by Crippen LogP contribution is -2.27. The van der Waals surface area contributed by atoms with Gasteiger partial charge in [0, 0.05) is 12.1 Å². The van der Waals surface area contributed by atoms with Crippen LogP contribution in [0.25, 0.3) is 0 Å². The fourth-order valence-corrected chi connectivity index (χ4v) is 2.83. The Labute approximate surface area is 145 Å². The molecule has 2 amide bonds. The van der Waals surface area contributed by atoms with E-state index in [1.165, 1.54) is 0 Å². The van der Waals surface area contributed by atoms with E-state index in [0.29, 0.717) is 35.7 Å². The normalized spacial score (nSPS) is 12.8. The lowest BCUT2D eigenvalue weighted by atomic mass is 10.0. The maximum Gasteiger partial charge on any atom is 0.262 e. The molecular weight excluding hydrogens is 320 g/mol. The van der Waals surface area contributed by atoms with E-state index < -0.39 is 0 Å². The Hall–Kier alpha value is -3.02. The zero-order valence-electron chi connectivity index (χ0n) is 14.2. The molecule has 0 saturated heterocycles. The second-order valence-electron chi connectivity index (χ2n) is 6.13. The summed E-state index contributed by atoms with van der Waals surface area (Å²) in [6.07, 6.45) is 0.672. The monoisotopic (exact) mass is 340 g/mol. The standard InChI is InChI=1S/C19H20N2O4/c1-11-7-13(8-12(2)18(11)23)5-6-20-19(24)14-3-4-15-16(9-14)25-10-17(22)21-15/h3-4,7-9,23H,5-6,10H2,1-2H3,(H,20,24)(H,21,22). The van der Waals surface area contributed by atoms with Crippen LogP contribution in [0, 0.1) is 13.8 Å². The Bertz CT molecular complexity index is 822. The van der Waals surface area contributed by atoms with Crippen LogP contribution in [-0.4, -0.2) is 30.1 Å². The molecule has 0 aromatic heterocycles. The number of aromatic hydroxyl groups is 1. The first-order chi connectivity index (χ1) is 11.9. The molecule has 0 bridgehead atoms. The van der Waals surface area contributed by atoms with Crippen molar-refractivity contribution in [3.8, 4) is 11.5 Å². The fraction of sp³-hybridized carbons (Fsp3) is 0.263. The van der Waals surface area contributed by atoms with Crippen molar-refractivity contribution in [3.05, 3.63) is 52.6 Å². The molecule has 0 spiro atoms. The molecule has 0 fully saturated rings. The predicted octanol–water partition coefficient (Wildman–Crippen LogP) is 2.31. The number of fused-ring (bicyclic) bond motifs is 1. The second-order valence-corrected chi connectivity index (χ2v) is 6.13. The first-order valence-electron chi connectivity index (χ1n) is 8.08. The SMILES string of the molecule is Cc1cc(CCNC(=O)c2ccc3c(c2)OCC(=O)N3)cc(C)c1O. The molecule has 0 saturated carbocycles. The van der Waals surface area contributed by atoms with Gasteiger partial charge in [-0.2, -0.15) is 0 Å². The van der Waals surface area contributed by atoms with E-state index in [9.17, 15) is 14.7 Å². The predicted molar refractivity (Wildman–Crippen MR) is 94.2 cm³/mol. The number of aryl methyl sites for hydroxylation is 2. The number of hydrogen-bond acceptors (Lipinski definition) is 4.